The molecular formula is C31H39F3O6S. The number of carbonyl (C=O) groups is 3. The predicted molar refractivity (Wildman–Crippen MR) is 152 cm³/mol. The van der Waals surface area contributed by atoms with Crippen molar-refractivity contribution in [3.05, 3.63) is 59.7 Å². The van der Waals surface area contributed by atoms with Crippen molar-refractivity contribution in [3.8, 4) is 5.75 Å². The molecule has 0 aliphatic heterocycles. The van der Waals surface area contributed by atoms with Crippen molar-refractivity contribution in [2.45, 2.75) is 108 Å². The number of carbonyl (C=O) groups excluding carboxylic acids is 3. The zero-order valence-electron chi connectivity index (χ0n) is 23.7. The van der Waals surface area contributed by atoms with Crippen LogP contribution in [0.2, 0.25) is 0 Å². The number of unbranched alkanes of at least 4 members (excludes halogenated alkanes) is 8. The van der Waals surface area contributed by atoms with E-state index in [0.29, 0.717) is 23.5 Å². The topological polar surface area (TPSA) is 78.9 Å². The normalized spacial score (nSPS) is 12.0. The minimum Gasteiger partial charge on any atom is -0.449 e. The van der Waals surface area contributed by atoms with Gasteiger partial charge in [0.25, 0.3) is 0 Å². The van der Waals surface area contributed by atoms with E-state index in [1.807, 2.05) is 0 Å². The molecule has 0 heterocycles. The molecule has 0 spiro atoms. The van der Waals surface area contributed by atoms with Crippen molar-refractivity contribution in [1.82, 2.24) is 0 Å². The third kappa shape index (κ3) is 13.5. The Hall–Kier alpha value is -3.01. The summed E-state index contributed by atoms with van der Waals surface area (Å²) in [5, 5.41) is 0. The highest BCUT2D eigenvalue weighted by Crippen LogP contribution is 2.28. The van der Waals surface area contributed by atoms with E-state index in [2.05, 4.69) is 11.7 Å². The standard InChI is InChI=1S/C31H39F3O6S/c1-3-5-7-8-9-10-11-12-14-28(35)38-25-19-15-24(16-20-25)30(37)40-41-26-21-17-23(18-22-26)29(36)39-27(13-6-4-2)31(32,33)34/h15-22,27H,3-14H2,1-2H3. The largest absolute Gasteiger partial charge is 0.449 e. The number of hydrogen-bond donors (Lipinski definition) is 0. The average Bonchev–Trinajstić information content (AvgIpc) is 2.95. The summed E-state index contributed by atoms with van der Waals surface area (Å²) in [5.74, 6) is -1.69. The molecule has 226 valence electrons. The maximum absolute atomic E-state index is 13.1. The van der Waals surface area contributed by atoms with Gasteiger partial charge in [-0.05, 0) is 67.8 Å². The number of rotatable bonds is 18. The molecule has 1 atom stereocenters. The van der Waals surface area contributed by atoms with E-state index in [1.54, 1.807) is 6.92 Å². The number of ether oxygens (including phenoxy) is 2. The molecule has 0 amide bonds. The molecule has 2 rings (SSSR count). The second-order valence-electron chi connectivity index (χ2n) is 9.78. The molecule has 41 heavy (non-hydrogen) atoms. The lowest BCUT2D eigenvalue weighted by atomic mass is 10.1. The van der Waals surface area contributed by atoms with Gasteiger partial charge < -0.3 is 13.7 Å². The van der Waals surface area contributed by atoms with Crippen LogP contribution in [0.1, 0.15) is 112 Å². The molecule has 0 bridgehead atoms. The van der Waals surface area contributed by atoms with Gasteiger partial charge in [-0.2, -0.15) is 13.2 Å². The van der Waals surface area contributed by atoms with E-state index in [4.69, 9.17) is 8.92 Å². The first kappa shape index (κ1) is 34.2. The summed E-state index contributed by atoms with van der Waals surface area (Å²) in [6, 6.07) is 11.5. The molecule has 2 aromatic rings. The molecule has 2 aromatic carbocycles. The van der Waals surface area contributed by atoms with Crippen LogP contribution >= 0.6 is 12.0 Å². The van der Waals surface area contributed by atoms with E-state index in [1.165, 1.54) is 80.6 Å². The lowest BCUT2D eigenvalue weighted by Crippen LogP contribution is -2.33. The maximum Gasteiger partial charge on any atom is 0.425 e. The van der Waals surface area contributed by atoms with Gasteiger partial charge in [-0.15, -0.1) is 0 Å². The van der Waals surface area contributed by atoms with E-state index in [9.17, 15) is 27.6 Å². The summed E-state index contributed by atoms with van der Waals surface area (Å²) in [6.07, 6.45) is 3.17. The fraction of sp³-hybridized carbons (Fsp3) is 0.516. The van der Waals surface area contributed by atoms with Crippen LogP contribution in [0.5, 0.6) is 5.75 Å². The lowest BCUT2D eigenvalue weighted by Gasteiger charge is -2.20. The lowest BCUT2D eigenvalue weighted by molar-refractivity contribution is -0.206. The number of alkyl halides is 3. The molecule has 0 aliphatic carbocycles. The van der Waals surface area contributed by atoms with Gasteiger partial charge in [-0.25, -0.2) is 9.59 Å². The number of benzene rings is 2. The van der Waals surface area contributed by atoms with E-state index < -0.39 is 24.2 Å². The highest BCUT2D eigenvalue weighted by molar-refractivity contribution is 7.95. The highest BCUT2D eigenvalue weighted by atomic mass is 32.2. The predicted octanol–water partition coefficient (Wildman–Crippen LogP) is 9.26. The van der Waals surface area contributed by atoms with Crippen LogP contribution in [0.15, 0.2) is 53.4 Å². The van der Waals surface area contributed by atoms with E-state index in [0.717, 1.165) is 31.3 Å². The van der Waals surface area contributed by atoms with Crippen LogP contribution in [-0.2, 0) is 13.7 Å². The second kappa shape index (κ2) is 18.4. The van der Waals surface area contributed by atoms with Gasteiger partial charge in [0.05, 0.1) is 23.2 Å². The molecule has 0 aliphatic rings. The van der Waals surface area contributed by atoms with Crippen molar-refractivity contribution in [2.24, 2.45) is 0 Å². The van der Waals surface area contributed by atoms with Gasteiger partial charge in [0.2, 0.25) is 0 Å². The average molecular weight is 597 g/mol. The molecule has 0 N–H and O–H groups in total. The monoisotopic (exact) mass is 596 g/mol. The number of halogens is 3. The Kier molecular flexibility index (Phi) is 15.4. The van der Waals surface area contributed by atoms with Gasteiger partial charge >= 0.3 is 24.1 Å². The molecule has 6 nitrogen and oxygen atoms in total. The summed E-state index contributed by atoms with van der Waals surface area (Å²) < 4.78 is 54.6. The van der Waals surface area contributed by atoms with Gasteiger partial charge in [-0.3, -0.25) is 4.79 Å². The molecule has 0 radical (unpaired) electrons. The number of hydrogen-bond acceptors (Lipinski definition) is 7. The van der Waals surface area contributed by atoms with Crippen molar-refractivity contribution in [1.29, 1.82) is 0 Å². The summed E-state index contributed by atoms with van der Waals surface area (Å²) in [5.41, 5.74) is 0.199. The van der Waals surface area contributed by atoms with Crippen LogP contribution in [0, 0.1) is 0 Å². The van der Waals surface area contributed by atoms with Gasteiger partial charge in [-0.1, -0.05) is 65.2 Å². The SMILES string of the molecule is CCCCCCCCCCC(=O)Oc1ccc(C(=O)OSc2ccc(C(=O)OC(CCCC)C(F)(F)F)cc2)cc1. The second-order valence-corrected chi connectivity index (χ2v) is 10.6. The van der Waals surface area contributed by atoms with Crippen LogP contribution in [0.25, 0.3) is 0 Å². The first-order valence-corrected chi connectivity index (χ1v) is 15.0. The van der Waals surface area contributed by atoms with E-state index >= 15 is 0 Å². The molecule has 0 fully saturated rings. The van der Waals surface area contributed by atoms with Crippen molar-refractivity contribution in [2.75, 3.05) is 0 Å². The molecule has 10 heteroatoms. The fourth-order valence-corrected chi connectivity index (χ4v) is 4.42. The maximum atomic E-state index is 13.1. The third-order valence-corrected chi connectivity index (χ3v) is 6.99. The summed E-state index contributed by atoms with van der Waals surface area (Å²) in [6.45, 7) is 3.94. The summed E-state index contributed by atoms with van der Waals surface area (Å²) in [4.78, 5) is 37.1. The first-order chi connectivity index (χ1) is 19.6. The van der Waals surface area contributed by atoms with Gasteiger partial charge in [0.15, 0.2) is 6.10 Å². The van der Waals surface area contributed by atoms with Crippen molar-refractivity contribution >= 4 is 30.0 Å². The molecule has 0 saturated carbocycles. The Morgan fingerprint density at radius 1 is 0.732 bits per heavy atom. The molecular weight excluding hydrogens is 557 g/mol. The molecule has 0 saturated heterocycles. The van der Waals surface area contributed by atoms with Crippen LogP contribution in [0.4, 0.5) is 13.2 Å². The first-order valence-electron chi connectivity index (χ1n) is 14.2. The zero-order valence-corrected chi connectivity index (χ0v) is 24.5. The van der Waals surface area contributed by atoms with Crippen LogP contribution in [0.3, 0.4) is 0 Å². The third-order valence-electron chi connectivity index (χ3n) is 6.29. The highest BCUT2D eigenvalue weighted by Gasteiger charge is 2.42. The summed E-state index contributed by atoms with van der Waals surface area (Å²) >= 11 is 0.739. The van der Waals surface area contributed by atoms with Gasteiger partial charge in [0.1, 0.15) is 5.75 Å². The van der Waals surface area contributed by atoms with Crippen LogP contribution < -0.4 is 4.74 Å². The minimum atomic E-state index is -4.64. The Balaban J connectivity index is 1.75. The van der Waals surface area contributed by atoms with E-state index in [-0.39, 0.29) is 29.9 Å². The fourth-order valence-electron chi connectivity index (χ4n) is 3.90. The van der Waals surface area contributed by atoms with Crippen molar-refractivity contribution < 1.29 is 41.2 Å². The van der Waals surface area contributed by atoms with Crippen LogP contribution in [-0.4, -0.2) is 30.2 Å². The smallest absolute Gasteiger partial charge is 0.425 e. The Morgan fingerprint density at radius 3 is 1.85 bits per heavy atom. The minimum absolute atomic E-state index is 0.0426. The van der Waals surface area contributed by atoms with Crippen molar-refractivity contribution in [3.63, 3.8) is 0 Å². The quantitative estimate of drug-likeness (QED) is 0.0734. The Morgan fingerprint density at radius 2 is 1.27 bits per heavy atom. The molecule has 0 aromatic heterocycles. The number of esters is 2. The Labute approximate surface area is 244 Å². The zero-order chi connectivity index (χ0) is 30.1. The Bertz CT molecular complexity index is 1070. The molecule has 1 unspecified atom stereocenters. The van der Waals surface area contributed by atoms with Gasteiger partial charge in [0, 0.05) is 11.3 Å². The summed E-state index contributed by atoms with van der Waals surface area (Å²) in [7, 11) is 0.